The summed E-state index contributed by atoms with van der Waals surface area (Å²) in [5.41, 5.74) is 2.22. The van der Waals surface area contributed by atoms with E-state index >= 15 is 0 Å². The maximum absolute atomic E-state index is 11.0. The summed E-state index contributed by atoms with van der Waals surface area (Å²) in [6, 6.07) is 11.8. The summed E-state index contributed by atoms with van der Waals surface area (Å²) >= 11 is 1.54. The Bertz CT molecular complexity index is 657. The van der Waals surface area contributed by atoms with Crippen LogP contribution >= 0.6 is 11.8 Å². The van der Waals surface area contributed by atoms with Crippen molar-refractivity contribution in [2.75, 3.05) is 0 Å². The van der Waals surface area contributed by atoms with Gasteiger partial charge in [0.05, 0.1) is 11.3 Å². The zero-order chi connectivity index (χ0) is 15.6. The van der Waals surface area contributed by atoms with Crippen molar-refractivity contribution in [1.82, 2.24) is 4.98 Å². The van der Waals surface area contributed by atoms with Crippen molar-refractivity contribution in [3.05, 3.63) is 53.2 Å². The maximum Gasteiger partial charge on any atom is 0.337 e. The fraction of sp³-hybridized carbons (Fsp3) is 0.294. The summed E-state index contributed by atoms with van der Waals surface area (Å²) in [7, 11) is 0. The normalized spacial score (nSPS) is 11.4. The quantitative estimate of drug-likeness (QED) is 0.904. The second-order valence-electron chi connectivity index (χ2n) is 5.96. The predicted octanol–water partition coefficient (Wildman–Crippen LogP) is 4.54. The molecule has 0 aliphatic carbocycles. The molecule has 110 valence electrons. The zero-order valence-corrected chi connectivity index (χ0v) is 13.5. The number of pyridine rings is 1. The van der Waals surface area contributed by atoms with Gasteiger partial charge in [0.25, 0.3) is 0 Å². The Morgan fingerprint density at radius 2 is 1.71 bits per heavy atom. The highest BCUT2D eigenvalue weighted by Crippen LogP contribution is 2.29. The minimum absolute atomic E-state index is 0.140. The Balaban J connectivity index is 2.19. The van der Waals surface area contributed by atoms with Gasteiger partial charge in [-0.05, 0) is 42.2 Å². The Labute approximate surface area is 129 Å². The lowest BCUT2D eigenvalue weighted by Crippen LogP contribution is -2.10. The van der Waals surface area contributed by atoms with Crippen LogP contribution in [0.2, 0.25) is 0 Å². The number of carbonyl (C=O) groups is 1. The maximum atomic E-state index is 11.0. The highest BCUT2D eigenvalue weighted by atomic mass is 32.2. The topological polar surface area (TPSA) is 50.2 Å². The molecular formula is C17H19NO2S. The lowest BCUT2D eigenvalue weighted by atomic mass is 9.87. The van der Waals surface area contributed by atoms with Crippen molar-refractivity contribution in [3.63, 3.8) is 0 Å². The number of rotatable bonds is 3. The highest BCUT2D eigenvalue weighted by molar-refractivity contribution is 7.99. The predicted molar refractivity (Wildman–Crippen MR) is 85.2 cm³/mol. The number of aromatic nitrogens is 1. The van der Waals surface area contributed by atoms with Crippen molar-refractivity contribution < 1.29 is 9.90 Å². The van der Waals surface area contributed by atoms with Crippen LogP contribution < -0.4 is 0 Å². The molecule has 0 fully saturated rings. The van der Waals surface area contributed by atoms with Gasteiger partial charge in [-0.2, -0.15) is 0 Å². The average molecular weight is 301 g/mol. The van der Waals surface area contributed by atoms with Crippen LogP contribution in [0, 0.1) is 6.92 Å². The number of hydrogen-bond donors (Lipinski definition) is 1. The standard InChI is InChI=1S/C17H19NO2S/c1-11-14(16(19)20)9-10-15(18-11)21-13-7-5-12(6-8-13)17(2,3)4/h5-10H,1-4H3,(H,19,20). The van der Waals surface area contributed by atoms with Crippen LogP contribution in [0.3, 0.4) is 0 Å². The number of benzene rings is 1. The summed E-state index contributed by atoms with van der Waals surface area (Å²) in [6.07, 6.45) is 0. The van der Waals surface area contributed by atoms with Crippen LogP contribution in [0.1, 0.15) is 42.4 Å². The van der Waals surface area contributed by atoms with Crippen molar-refractivity contribution in [2.45, 2.75) is 43.0 Å². The van der Waals surface area contributed by atoms with E-state index in [0.29, 0.717) is 5.69 Å². The number of aryl methyl sites for hydroxylation is 1. The molecule has 0 atom stereocenters. The molecule has 1 N–H and O–H groups in total. The van der Waals surface area contributed by atoms with Gasteiger partial charge in [0.15, 0.2) is 0 Å². The van der Waals surface area contributed by atoms with Gasteiger partial charge < -0.3 is 5.11 Å². The molecule has 0 aliphatic rings. The van der Waals surface area contributed by atoms with Crippen LogP contribution in [0.4, 0.5) is 0 Å². The molecular weight excluding hydrogens is 282 g/mol. The molecule has 0 spiro atoms. The smallest absolute Gasteiger partial charge is 0.337 e. The molecule has 2 rings (SSSR count). The summed E-state index contributed by atoms with van der Waals surface area (Å²) in [4.78, 5) is 16.4. The molecule has 0 unspecified atom stereocenters. The molecule has 1 heterocycles. The van der Waals surface area contributed by atoms with Crippen molar-refractivity contribution in [3.8, 4) is 0 Å². The molecule has 0 saturated heterocycles. The first-order chi connectivity index (χ1) is 9.77. The molecule has 21 heavy (non-hydrogen) atoms. The Morgan fingerprint density at radius 1 is 1.10 bits per heavy atom. The minimum atomic E-state index is -0.939. The lowest BCUT2D eigenvalue weighted by molar-refractivity contribution is 0.0695. The minimum Gasteiger partial charge on any atom is -0.478 e. The highest BCUT2D eigenvalue weighted by Gasteiger charge is 2.13. The second kappa shape index (κ2) is 5.90. The Kier molecular flexibility index (Phi) is 4.37. The van der Waals surface area contributed by atoms with Gasteiger partial charge in [-0.15, -0.1) is 0 Å². The van der Waals surface area contributed by atoms with E-state index in [1.807, 2.05) is 0 Å². The van der Waals surface area contributed by atoms with Crippen molar-refractivity contribution in [1.29, 1.82) is 0 Å². The molecule has 0 aliphatic heterocycles. The third-order valence-electron chi connectivity index (χ3n) is 3.23. The number of nitrogens with zero attached hydrogens (tertiary/aromatic N) is 1. The van der Waals surface area contributed by atoms with Gasteiger partial charge in [-0.3, -0.25) is 0 Å². The third kappa shape index (κ3) is 3.85. The second-order valence-corrected chi connectivity index (χ2v) is 7.06. The van der Waals surface area contributed by atoms with Gasteiger partial charge >= 0.3 is 5.97 Å². The monoisotopic (exact) mass is 301 g/mol. The molecule has 1 aromatic carbocycles. The van der Waals surface area contributed by atoms with Gasteiger partial charge in [0, 0.05) is 4.90 Å². The summed E-state index contributed by atoms with van der Waals surface area (Å²) in [6.45, 7) is 8.27. The van der Waals surface area contributed by atoms with Gasteiger partial charge in [0.2, 0.25) is 0 Å². The van der Waals surface area contributed by atoms with Gasteiger partial charge in [0.1, 0.15) is 5.03 Å². The molecule has 0 amide bonds. The van der Waals surface area contributed by atoms with E-state index < -0.39 is 5.97 Å². The SMILES string of the molecule is Cc1nc(Sc2ccc(C(C)(C)C)cc2)ccc1C(=O)O. The van der Waals surface area contributed by atoms with E-state index in [1.165, 1.54) is 17.3 Å². The number of hydrogen-bond acceptors (Lipinski definition) is 3. The zero-order valence-electron chi connectivity index (χ0n) is 12.7. The lowest BCUT2D eigenvalue weighted by Gasteiger charge is -2.19. The van der Waals surface area contributed by atoms with Gasteiger partial charge in [-0.1, -0.05) is 44.7 Å². The first-order valence-electron chi connectivity index (χ1n) is 6.77. The summed E-state index contributed by atoms with van der Waals surface area (Å²) in [5.74, 6) is -0.939. The molecule has 0 saturated carbocycles. The van der Waals surface area contributed by atoms with E-state index in [-0.39, 0.29) is 11.0 Å². The van der Waals surface area contributed by atoms with E-state index in [4.69, 9.17) is 5.11 Å². The third-order valence-corrected chi connectivity index (χ3v) is 4.18. The molecule has 4 heteroatoms. The summed E-state index contributed by atoms with van der Waals surface area (Å²) in [5, 5.41) is 9.81. The molecule has 1 aromatic heterocycles. The van der Waals surface area contributed by atoms with E-state index in [0.717, 1.165) is 9.92 Å². The first-order valence-corrected chi connectivity index (χ1v) is 7.58. The van der Waals surface area contributed by atoms with E-state index in [2.05, 4.69) is 50.0 Å². The van der Waals surface area contributed by atoms with E-state index in [9.17, 15) is 4.79 Å². The number of carboxylic acid groups (broad SMARTS) is 1. The molecule has 2 aromatic rings. The van der Waals surface area contributed by atoms with Crippen molar-refractivity contribution in [2.24, 2.45) is 0 Å². The van der Waals surface area contributed by atoms with Crippen LogP contribution in [0.5, 0.6) is 0 Å². The fourth-order valence-electron chi connectivity index (χ4n) is 1.96. The number of carboxylic acids is 1. The van der Waals surface area contributed by atoms with Crippen LogP contribution in [-0.2, 0) is 5.41 Å². The largest absolute Gasteiger partial charge is 0.478 e. The van der Waals surface area contributed by atoms with Crippen molar-refractivity contribution >= 4 is 17.7 Å². The summed E-state index contributed by atoms with van der Waals surface area (Å²) < 4.78 is 0. The fourth-order valence-corrected chi connectivity index (χ4v) is 2.80. The van der Waals surface area contributed by atoms with Crippen LogP contribution in [-0.4, -0.2) is 16.1 Å². The molecule has 0 bridgehead atoms. The average Bonchev–Trinajstić information content (AvgIpc) is 2.38. The van der Waals surface area contributed by atoms with Crippen LogP contribution in [0.25, 0.3) is 0 Å². The van der Waals surface area contributed by atoms with Gasteiger partial charge in [-0.25, -0.2) is 9.78 Å². The molecule has 3 nitrogen and oxygen atoms in total. The Morgan fingerprint density at radius 3 is 2.19 bits per heavy atom. The molecule has 0 radical (unpaired) electrons. The van der Waals surface area contributed by atoms with E-state index in [1.54, 1.807) is 19.1 Å². The Hall–Kier alpha value is -1.81. The number of aromatic carboxylic acids is 1. The van der Waals surface area contributed by atoms with Crippen LogP contribution in [0.15, 0.2) is 46.3 Å². The first kappa shape index (κ1) is 15.6.